The number of nitrogens with one attached hydrogen (secondary N) is 2. The third-order valence-corrected chi connectivity index (χ3v) is 5.56. The Kier molecular flexibility index (Phi) is 6.28. The molecule has 2 amide bonds. The fourth-order valence-electron chi connectivity index (χ4n) is 3.08. The fourth-order valence-corrected chi connectivity index (χ4v) is 3.87. The monoisotopic (exact) mass is 390 g/mol. The summed E-state index contributed by atoms with van der Waals surface area (Å²) in [5.74, 6) is -0.657. The lowest BCUT2D eigenvalue weighted by molar-refractivity contribution is -0.125. The van der Waals surface area contributed by atoms with E-state index >= 15 is 0 Å². The van der Waals surface area contributed by atoms with Crippen LogP contribution in [0.1, 0.15) is 52.8 Å². The predicted molar refractivity (Wildman–Crippen MR) is 101 cm³/mol. The number of hydrogen-bond donors (Lipinski definition) is 2. The van der Waals surface area contributed by atoms with Crippen LogP contribution in [0, 0.1) is 5.92 Å². The van der Waals surface area contributed by atoms with Gasteiger partial charge >= 0.3 is 5.97 Å². The smallest absolute Gasteiger partial charge is 0.348 e. The molecular weight excluding hydrogens is 368 g/mol. The molecule has 1 aliphatic rings. The Morgan fingerprint density at radius 1 is 1.22 bits per heavy atom. The van der Waals surface area contributed by atoms with Gasteiger partial charge < -0.3 is 19.8 Å². The normalized spacial score (nSPS) is 19.3. The minimum Gasteiger partial charge on any atom is -0.459 e. The van der Waals surface area contributed by atoms with Gasteiger partial charge in [0, 0.05) is 6.04 Å². The van der Waals surface area contributed by atoms with Gasteiger partial charge in [0.2, 0.25) is 0 Å². The number of rotatable bonds is 6. The second-order valence-electron chi connectivity index (χ2n) is 6.61. The Morgan fingerprint density at radius 2 is 2.04 bits per heavy atom. The molecule has 0 spiro atoms. The van der Waals surface area contributed by atoms with Crippen molar-refractivity contribution in [1.82, 2.24) is 5.32 Å². The Hall–Kier alpha value is -2.61. The van der Waals surface area contributed by atoms with Gasteiger partial charge in [-0.05, 0) is 43.0 Å². The van der Waals surface area contributed by atoms with Gasteiger partial charge in [-0.15, -0.1) is 11.3 Å². The summed E-state index contributed by atoms with van der Waals surface area (Å²) < 4.78 is 10.1. The topological polar surface area (TPSA) is 97.6 Å². The standard InChI is InChI=1S/C19H22N2O5S/c1-12-5-2-3-6-13(12)20-16(22)11-26-19(24)15-8-9-17(27-15)21-18(23)14-7-4-10-25-14/h4,7-10,12-13H,2-3,5-6,11H2,1H3,(H,20,22)(H,21,23). The van der Waals surface area contributed by atoms with Gasteiger partial charge in [0.05, 0.1) is 11.3 Å². The number of ether oxygens (including phenoxy) is 1. The maximum absolute atomic E-state index is 12.1. The first kappa shape index (κ1) is 19.2. The van der Waals surface area contributed by atoms with Crippen molar-refractivity contribution in [1.29, 1.82) is 0 Å². The zero-order valence-corrected chi connectivity index (χ0v) is 15.8. The molecule has 0 saturated heterocycles. The minimum atomic E-state index is -0.592. The highest BCUT2D eigenvalue weighted by molar-refractivity contribution is 7.18. The number of esters is 1. The summed E-state index contributed by atoms with van der Waals surface area (Å²) in [5.41, 5.74) is 0. The molecule has 1 aliphatic carbocycles. The lowest BCUT2D eigenvalue weighted by atomic mass is 9.86. The van der Waals surface area contributed by atoms with Crippen LogP contribution in [0.2, 0.25) is 0 Å². The van der Waals surface area contributed by atoms with Crippen LogP contribution in [0.4, 0.5) is 5.00 Å². The quantitative estimate of drug-likeness (QED) is 0.736. The molecule has 0 aromatic carbocycles. The summed E-state index contributed by atoms with van der Waals surface area (Å²) in [7, 11) is 0. The number of hydrogen-bond acceptors (Lipinski definition) is 6. The first-order valence-electron chi connectivity index (χ1n) is 8.94. The average molecular weight is 390 g/mol. The van der Waals surface area contributed by atoms with Gasteiger partial charge in [0.15, 0.2) is 12.4 Å². The lowest BCUT2D eigenvalue weighted by Crippen LogP contribution is -2.42. The van der Waals surface area contributed by atoms with Crippen LogP contribution in [0.25, 0.3) is 0 Å². The highest BCUT2D eigenvalue weighted by Crippen LogP contribution is 2.24. The Labute approximate surface area is 161 Å². The Bertz CT molecular complexity index is 799. The molecule has 3 rings (SSSR count). The molecule has 0 radical (unpaired) electrons. The van der Waals surface area contributed by atoms with Gasteiger partial charge in [-0.3, -0.25) is 9.59 Å². The second-order valence-corrected chi connectivity index (χ2v) is 7.69. The first-order valence-corrected chi connectivity index (χ1v) is 9.76. The average Bonchev–Trinajstić information content (AvgIpc) is 3.33. The summed E-state index contributed by atoms with van der Waals surface area (Å²) in [6.07, 6.45) is 5.78. The molecule has 27 heavy (non-hydrogen) atoms. The summed E-state index contributed by atoms with van der Waals surface area (Å²) in [6.45, 7) is 1.81. The SMILES string of the molecule is CC1CCCCC1NC(=O)COC(=O)c1ccc(NC(=O)c2ccco2)s1. The molecule has 7 nitrogen and oxygen atoms in total. The van der Waals surface area contributed by atoms with E-state index in [2.05, 4.69) is 17.6 Å². The number of thiophene rings is 1. The second kappa shape index (κ2) is 8.85. The van der Waals surface area contributed by atoms with E-state index in [1.54, 1.807) is 24.3 Å². The number of carbonyl (C=O) groups is 3. The van der Waals surface area contributed by atoms with E-state index < -0.39 is 11.9 Å². The largest absolute Gasteiger partial charge is 0.459 e. The molecule has 2 atom stereocenters. The molecule has 2 heterocycles. The zero-order valence-electron chi connectivity index (χ0n) is 15.0. The maximum atomic E-state index is 12.1. The minimum absolute atomic E-state index is 0.148. The van der Waals surface area contributed by atoms with Crippen LogP contribution < -0.4 is 10.6 Å². The van der Waals surface area contributed by atoms with E-state index in [4.69, 9.17) is 9.15 Å². The third-order valence-electron chi connectivity index (χ3n) is 4.58. The molecule has 1 saturated carbocycles. The van der Waals surface area contributed by atoms with Crippen molar-refractivity contribution in [2.75, 3.05) is 11.9 Å². The van der Waals surface area contributed by atoms with Crippen LogP contribution in [0.3, 0.4) is 0 Å². The number of carbonyl (C=O) groups excluding carboxylic acids is 3. The van der Waals surface area contributed by atoms with Gasteiger partial charge in [0.25, 0.3) is 11.8 Å². The van der Waals surface area contributed by atoms with Crippen molar-refractivity contribution >= 4 is 34.1 Å². The van der Waals surface area contributed by atoms with Gasteiger partial charge in [0.1, 0.15) is 4.88 Å². The molecule has 2 aromatic rings. The van der Waals surface area contributed by atoms with Crippen LogP contribution in [0.15, 0.2) is 34.9 Å². The van der Waals surface area contributed by atoms with Gasteiger partial charge in [-0.1, -0.05) is 19.8 Å². The van der Waals surface area contributed by atoms with Crippen LogP contribution in [-0.2, 0) is 9.53 Å². The Morgan fingerprint density at radius 3 is 2.78 bits per heavy atom. The van der Waals surface area contributed by atoms with Crippen molar-refractivity contribution in [3.8, 4) is 0 Å². The molecule has 2 aromatic heterocycles. The molecule has 0 bridgehead atoms. The van der Waals surface area contributed by atoms with Crippen molar-refractivity contribution in [2.24, 2.45) is 5.92 Å². The van der Waals surface area contributed by atoms with Gasteiger partial charge in [-0.25, -0.2) is 4.79 Å². The summed E-state index contributed by atoms with van der Waals surface area (Å²) in [6, 6.07) is 6.46. The fraction of sp³-hybridized carbons (Fsp3) is 0.421. The first-order chi connectivity index (χ1) is 13.0. The van der Waals surface area contributed by atoms with E-state index in [1.165, 1.54) is 12.7 Å². The molecule has 2 N–H and O–H groups in total. The Balaban J connectivity index is 1.46. The van der Waals surface area contributed by atoms with E-state index in [0.29, 0.717) is 15.8 Å². The molecule has 0 aliphatic heterocycles. The van der Waals surface area contributed by atoms with E-state index in [9.17, 15) is 14.4 Å². The lowest BCUT2D eigenvalue weighted by Gasteiger charge is -2.29. The van der Waals surface area contributed by atoms with Crippen molar-refractivity contribution in [2.45, 2.75) is 38.6 Å². The summed E-state index contributed by atoms with van der Waals surface area (Å²) >= 11 is 1.07. The highest BCUT2D eigenvalue weighted by atomic mass is 32.1. The van der Waals surface area contributed by atoms with Crippen molar-refractivity contribution in [3.05, 3.63) is 41.2 Å². The van der Waals surface area contributed by atoms with Crippen LogP contribution in [-0.4, -0.2) is 30.4 Å². The van der Waals surface area contributed by atoms with Crippen molar-refractivity contribution in [3.63, 3.8) is 0 Å². The third kappa shape index (κ3) is 5.19. The predicted octanol–water partition coefficient (Wildman–Crippen LogP) is 3.45. The number of anilines is 1. The van der Waals surface area contributed by atoms with E-state index in [1.807, 2.05) is 0 Å². The van der Waals surface area contributed by atoms with Crippen molar-refractivity contribution < 1.29 is 23.5 Å². The number of furan rings is 1. The van der Waals surface area contributed by atoms with Crippen LogP contribution >= 0.6 is 11.3 Å². The van der Waals surface area contributed by atoms with E-state index in [-0.39, 0.29) is 24.3 Å². The molecule has 2 unspecified atom stereocenters. The summed E-state index contributed by atoms with van der Waals surface area (Å²) in [5, 5.41) is 6.07. The number of amides is 2. The maximum Gasteiger partial charge on any atom is 0.348 e. The molecule has 1 fully saturated rings. The zero-order chi connectivity index (χ0) is 19.2. The van der Waals surface area contributed by atoms with E-state index in [0.717, 1.165) is 30.6 Å². The summed E-state index contributed by atoms with van der Waals surface area (Å²) in [4.78, 5) is 36.4. The molecular formula is C19H22N2O5S. The van der Waals surface area contributed by atoms with Gasteiger partial charge in [-0.2, -0.15) is 0 Å². The van der Waals surface area contributed by atoms with Crippen LogP contribution in [0.5, 0.6) is 0 Å². The molecule has 8 heteroatoms. The molecule has 144 valence electrons. The highest BCUT2D eigenvalue weighted by Gasteiger charge is 2.23.